The third-order valence-electron chi connectivity index (χ3n) is 9.26. The number of anilines is 2. The lowest BCUT2D eigenvalue weighted by Crippen LogP contribution is -2.43. The summed E-state index contributed by atoms with van der Waals surface area (Å²) in [5.74, 6) is -0.944. The second-order valence-corrected chi connectivity index (χ2v) is 12.6. The number of hydrogen-bond donors (Lipinski definition) is 2. The summed E-state index contributed by atoms with van der Waals surface area (Å²) in [6.45, 7) is 3.52. The van der Waals surface area contributed by atoms with Gasteiger partial charge in [-0.25, -0.2) is 13.8 Å². The number of benzene rings is 1. The van der Waals surface area contributed by atoms with Crippen molar-refractivity contribution in [1.29, 1.82) is 0 Å². The Hall–Kier alpha value is -3.45. The summed E-state index contributed by atoms with van der Waals surface area (Å²) in [6.07, 6.45) is -0.185. The number of aryl methyl sites for hydroxylation is 1. The number of fused-ring (bicyclic) bond motifs is 4. The van der Waals surface area contributed by atoms with Gasteiger partial charge >= 0.3 is 12.2 Å². The summed E-state index contributed by atoms with van der Waals surface area (Å²) in [5, 5.41) is 3.42. The molecule has 1 unspecified atom stereocenters. The molecule has 4 aliphatic heterocycles. The van der Waals surface area contributed by atoms with E-state index < -0.39 is 40.5 Å². The third kappa shape index (κ3) is 4.97. The van der Waals surface area contributed by atoms with Gasteiger partial charge in [-0.15, -0.1) is 0 Å². The van der Waals surface area contributed by atoms with Crippen LogP contribution >= 0.6 is 11.6 Å². The number of hydrogen-bond acceptors (Lipinski definition) is 8. The second kappa shape index (κ2) is 10.6. The first-order chi connectivity index (χ1) is 20.9. The molecule has 3 fully saturated rings. The van der Waals surface area contributed by atoms with Crippen LogP contribution in [-0.4, -0.2) is 70.4 Å². The molecule has 3 aromatic rings. The van der Waals surface area contributed by atoms with Crippen LogP contribution in [0.15, 0.2) is 23.9 Å². The molecule has 0 saturated carbocycles. The molecule has 234 valence electrons. The number of halogens is 6. The zero-order chi connectivity index (χ0) is 31.0. The molecule has 4 aliphatic rings. The van der Waals surface area contributed by atoms with Gasteiger partial charge in [-0.3, -0.25) is 4.90 Å². The minimum atomic E-state index is -4.86. The van der Waals surface area contributed by atoms with E-state index in [9.17, 15) is 17.6 Å². The van der Waals surface area contributed by atoms with Gasteiger partial charge in [0.2, 0.25) is 0 Å². The van der Waals surface area contributed by atoms with E-state index in [-0.39, 0.29) is 46.0 Å². The maximum Gasteiger partial charge on any atom is 0.418 e. The standard InChI is InChI=1S/C30H31ClF5N7O/c1-15-9-21(37)39-26(23(15)30(34,35)36)22-20(31)10-19-25(24(22)33)40-28(44-14-29-6-2-7-43(29)12-16(32)11-29)41-27(19)42-8-5-17-3-4-18(13-42)38-17/h3,9-10,16,18,38H,2,4-8,11-14H2,1H3,(H2,37,39)/t16-,18?,29+/m1/s1. The van der Waals surface area contributed by atoms with E-state index in [1.807, 2.05) is 4.90 Å². The lowest BCUT2D eigenvalue weighted by atomic mass is 9.95. The van der Waals surface area contributed by atoms with Gasteiger partial charge in [-0.05, 0) is 50.4 Å². The first kappa shape index (κ1) is 29.3. The number of alkyl halides is 4. The fourth-order valence-electron chi connectivity index (χ4n) is 7.33. The van der Waals surface area contributed by atoms with Crippen LogP contribution < -0.4 is 20.7 Å². The first-order valence-corrected chi connectivity index (χ1v) is 15.1. The van der Waals surface area contributed by atoms with E-state index >= 15 is 4.39 Å². The molecule has 3 atom stereocenters. The number of nitrogens with one attached hydrogen (secondary N) is 1. The highest BCUT2D eigenvalue weighted by Gasteiger charge is 2.49. The van der Waals surface area contributed by atoms with E-state index in [2.05, 4.69) is 26.3 Å². The Kier molecular flexibility index (Phi) is 7.04. The molecular formula is C30H31ClF5N7O. The van der Waals surface area contributed by atoms with Crippen molar-refractivity contribution in [1.82, 2.24) is 25.2 Å². The second-order valence-electron chi connectivity index (χ2n) is 12.2. The van der Waals surface area contributed by atoms with E-state index in [4.69, 9.17) is 27.1 Å². The molecule has 0 spiro atoms. The summed E-state index contributed by atoms with van der Waals surface area (Å²) in [7, 11) is 0. The van der Waals surface area contributed by atoms with Crippen LogP contribution in [0.5, 0.6) is 6.01 Å². The van der Waals surface area contributed by atoms with E-state index in [0.717, 1.165) is 37.6 Å². The summed E-state index contributed by atoms with van der Waals surface area (Å²) in [5.41, 5.74) is 3.55. The van der Waals surface area contributed by atoms with Crippen molar-refractivity contribution in [3.05, 3.63) is 45.9 Å². The molecule has 0 amide bonds. The van der Waals surface area contributed by atoms with Gasteiger partial charge in [0.05, 0.1) is 27.4 Å². The molecule has 7 rings (SSSR count). The first-order valence-electron chi connectivity index (χ1n) is 14.7. The Morgan fingerprint density at radius 1 is 1.18 bits per heavy atom. The van der Waals surface area contributed by atoms with Crippen LogP contribution in [0.2, 0.25) is 5.02 Å². The Balaban J connectivity index is 1.38. The Morgan fingerprint density at radius 2 is 2.00 bits per heavy atom. The van der Waals surface area contributed by atoms with E-state index in [1.54, 1.807) is 0 Å². The molecule has 0 aliphatic carbocycles. The van der Waals surface area contributed by atoms with Crippen LogP contribution in [0.4, 0.5) is 33.6 Å². The lowest BCUT2D eigenvalue weighted by Gasteiger charge is -2.31. The van der Waals surface area contributed by atoms with Gasteiger partial charge in [-0.2, -0.15) is 23.1 Å². The molecule has 3 N–H and O–H groups in total. The number of ether oxygens (including phenoxy) is 1. The van der Waals surface area contributed by atoms with Gasteiger partial charge in [0.25, 0.3) is 0 Å². The number of nitrogens with zero attached hydrogens (tertiary/aromatic N) is 5. The van der Waals surface area contributed by atoms with E-state index in [1.165, 1.54) is 13.0 Å². The predicted octanol–water partition coefficient (Wildman–Crippen LogP) is 5.80. The minimum absolute atomic E-state index is 0.103. The van der Waals surface area contributed by atoms with Crippen LogP contribution in [0, 0.1) is 12.7 Å². The fraction of sp³-hybridized carbons (Fsp3) is 0.500. The molecule has 3 saturated heterocycles. The normalized spacial score (nSPS) is 25.2. The maximum atomic E-state index is 16.6. The number of nitrogens with two attached hydrogens (primary N) is 1. The summed E-state index contributed by atoms with van der Waals surface area (Å²) in [4.78, 5) is 17.0. The predicted molar refractivity (Wildman–Crippen MR) is 157 cm³/mol. The van der Waals surface area contributed by atoms with Gasteiger partial charge in [-0.1, -0.05) is 17.7 Å². The molecule has 8 nitrogen and oxygen atoms in total. The topological polar surface area (TPSA) is 92.4 Å². The molecule has 6 heterocycles. The van der Waals surface area contributed by atoms with Crippen molar-refractivity contribution in [2.45, 2.75) is 63.0 Å². The average Bonchev–Trinajstić information content (AvgIpc) is 3.57. The molecular weight excluding hydrogens is 605 g/mol. The van der Waals surface area contributed by atoms with Crippen molar-refractivity contribution in [2.24, 2.45) is 0 Å². The molecule has 1 aromatic carbocycles. The Labute approximate surface area is 255 Å². The highest BCUT2D eigenvalue weighted by Crippen LogP contribution is 2.45. The minimum Gasteiger partial charge on any atom is -0.461 e. The number of aromatic nitrogens is 3. The van der Waals surface area contributed by atoms with Crippen molar-refractivity contribution < 1.29 is 26.7 Å². The summed E-state index contributed by atoms with van der Waals surface area (Å²) in [6, 6.07) is 2.43. The van der Waals surface area contributed by atoms with E-state index in [0.29, 0.717) is 38.3 Å². The number of nitrogen functional groups attached to an aromatic ring is 1. The van der Waals surface area contributed by atoms with Crippen molar-refractivity contribution >= 4 is 34.1 Å². The number of pyridine rings is 1. The number of rotatable bonds is 5. The lowest BCUT2D eigenvalue weighted by molar-refractivity contribution is -0.137. The maximum absolute atomic E-state index is 16.6. The monoisotopic (exact) mass is 635 g/mol. The fourth-order valence-corrected chi connectivity index (χ4v) is 7.61. The Morgan fingerprint density at radius 3 is 2.80 bits per heavy atom. The molecule has 14 heteroatoms. The SMILES string of the molecule is Cc1cc(N)nc(-c2c(Cl)cc3c(N4CCC5=CCC(C4)N5)nc(OC[C@@]45CCCN4C[C@H](F)C5)nc3c2F)c1C(F)(F)F. The smallest absolute Gasteiger partial charge is 0.418 e. The highest BCUT2D eigenvalue weighted by molar-refractivity contribution is 6.34. The van der Waals surface area contributed by atoms with Gasteiger partial charge in [0.1, 0.15) is 29.9 Å². The zero-order valence-electron chi connectivity index (χ0n) is 23.9. The largest absolute Gasteiger partial charge is 0.461 e. The van der Waals surface area contributed by atoms with Gasteiger partial charge < -0.3 is 20.7 Å². The van der Waals surface area contributed by atoms with Crippen molar-refractivity contribution in [3.8, 4) is 17.3 Å². The molecule has 2 aromatic heterocycles. The van der Waals surface area contributed by atoms with Crippen LogP contribution in [0.1, 0.15) is 43.2 Å². The highest BCUT2D eigenvalue weighted by atomic mass is 35.5. The Bertz CT molecular complexity index is 1680. The third-order valence-corrected chi connectivity index (χ3v) is 9.56. The zero-order valence-corrected chi connectivity index (χ0v) is 24.7. The van der Waals surface area contributed by atoms with Crippen molar-refractivity contribution in [3.63, 3.8) is 0 Å². The molecule has 44 heavy (non-hydrogen) atoms. The van der Waals surface area contributed by atoms with Crippen LogP contribution in [-0.2, 0) is 6.18 Å². The summed E-state index contributed by atoms with van der Waals surface area (Å²) < 4.78 is 79.9. The van der Waals surface area contributed by atoms with Gasteiger partial charge in [0, 0.05) is 49.6 Å². The summed E-state index contributed by atoms with van der Waals surface area (Å²) >= 11 is 6.58. The molecule has 2 bridgehead atoms. The van der Waals surface area contributed by atoms with Crippen LogP contribution in [0.25, 0.3) is 22.2 Å². The van der Waals surface area contributed by atoms with Gasteiger partial charge in [0.15, 0.2) is 5.82 Å². The van der Waals surface area contributed by atoms with Crippen molar-refractivity contribution in [2.75, 3.05) is 43.4 Å². The average molecular weight is 636 g/mol. The molecule has 0 radical (unpaired) electrons. The van der Waals surface area contributed by atoms with Crippen LogP contribution in [0.3, 0.4) is 0 Å². The quantitative estimate of drug-likeness (QED) is 0.340.